The van der Waals surface area contributed by atoms with E-state index in [2.05, 4.69) is 5.32 Å². The van der Waals surface area contributed by atoms with Gasteiger partial charge in [0.2, 0.25) is 11.8 Å². The molecule has 5 nitrogen and oxygen atoms in total. The van der Waals surface area contributed by atoms with E-state index in [0.29, 0.717) is 10.6 Å². The van der Waals surface area contributed by atoms with Crippen molar-refractivity contribution in [2.45, 2.75) is 12.6 Å². The number of hydrogen-bond donors (Lipinski definition) is 1. The van der Waals surface area contributed by atoms with Crippen LogP contribution in [0, 0.1) is 5.92 Å². The highest BCUT2D eigenvalue weighted by atomic mass is 19.4. The predicted molar refractivity (Wildman–Crippen MR) is 75.7 cm³/mol. The zero-order valence-electron chi connectivity index (χ0n) is 12.3. The quantitative estimate of drug-likeness (QED) is 0.806. The van der Waals surface area contributed by atoms with Gasteiger partial charge >= 0.3 is 6.18 Å². The van der Waals surface area contributed by atoms with Crippen molar-refractivity contribution in [1.29, 1.82) is 0 Å². The van der Waals surface area contributed by atoms with Gasteiger partial charge in [-0.2, -0.15) is 13.2 Å². The summed E-state index contributed by atoms with van der Waals surface area (Å²) < 4.78 is 42.3. The van der Waals surface area contributed by atoms with Crippen molar-refractivity contribution in [2.75, 3.05) is 26.2 Å². The van der Waals surface area contributed by atoms with Crippen molar-refractivity contribution in [1.82, 2.24) is 10.2 Å². The molecule has 1 aromatic rings. The highest BCUT2D eigenvalue weighted by Crippen LogP contribution is 2.23. The zero-order valence-corrected chi connectivity index (χ0v) is 12.3. The molecule has 0 radical (unpaired) electrons. The molecule has 1 fully saturated rings. The molecule has 23 heavy (non-hydrogen) atoms. The lowest BCUT2D eigenvalue weighted by Gasteiger charge is -2.18. The molecule has 1 aromatic carbocycles. The predicted octanol–water partition coefficient (Wildman–Crippen LogP) is 1.59. The number of nitrogens with zero attached hydrogens (tertiary/aromatic N) is 1. The number of likely N-dealkylation sites (tertiary alicyclic amines) is 1. The first-order valence-corrected chi connectivity index (χ1v) is 7.15. The first-order valence-electron chi connectivity index (χ1n) is 7.15. The van der Waals surface area contributed by atoms with Crippen molar-refractivity contribution in [3.8, 4) is 5.75 Å². The Morgan fingerprint density at radius 2 is 2.00 bits per heavy atom. The highest BCUT2D eigenvalue weighted by Gasteiger charge is 2.40. The van der Waals surface area contributed by atoms with Gasteiger partial charge in [0.05, 0.1) is 12.5 Å². The van der Waals surface area contributed by atoms with Gasteiger partial charge in [-0.15, -0.1) is 0 Å². The number of carbonyl (C=O) groups excluding carboxylic acids is 2. The van der Waals surface area contributed by atoms with E-state index in [0.717, 1.165) is 0 Å². The number of halogens is 3. The molecule has 2 amide bonds. The number of para-hydroxylation sites is 1. The molecule has 1 aliphatic rings. The van der Waals surface area contributed by atoms with Crippen LogP contribution in [0.2, 0.25) is 0 Å². The highest BCUT2D eigenvalue weighted by molar-refractivity contribution is 5.89. The number of benzene rings is 1. The summed E-state index contributed by atoms with van der Waals surface area (Å²) in [6.45, 7) is -1.06. The maximum Gasteiger partial charge on any atom is 0.406 e. The summed E-state index contributed by atoms with van der Waals surface area (Å²) in [5.74, 6) is -1.17. The molecule has 1 atom stereocenters. The Morgan fingerprint density at radius 3 is 2.65 bits per heavy atom. The van der Waals surface area contributed by atoms with E-state index in [1.807, 2.05) is 18.2 Å². The minimum Gasteiger partial charge on any atom is -0.492 e. The van der Waals surface area contributed by atoms with E-state index in [1.54, 1.807) is 12.1 Å². The summed E-state index contributed by atoms with van der Waals surface area (Å²) in [7, 11) is 0. The third kappa shape index (κ3) is 5.46. The summed E-state index contributed by atoms with van der Waals surface area (Å²) in [5, 5.41) is 2.57. The second kappa shape index (κ2) is 7.34. The topological polar surface area (TPSA) is 58.6 Å². The molecule has 1 N–H and O–H groups in total. The number of carbonyl (C=O) groups is 2. The van der Waals surface area contributed by atoms with Crippen LogP contribution >= 0.6 is 0 Å². The Kier molecular flexibility index (Phi) is 5.46. The molecule has 1 heterocycles. The molecule has 0 spiro atoms. The molecule has 1 saturated heterocycles. The van der Waals surface area contributed by atoms with Gasteiger partial charge in [0.15, 0.2) is 0 Å². The molecule has 0 unspecified atom stereocenters. The molecule has 0 bridgehead atoms. The largest absolute Gasteiger partial charge is 0.492 e. The van der Waals surface area contributed by atoms with E-state index in [4.69, 9.17) is 4.74 Å². The Bertz CT molecular complexity index is 549. The van der Waals surface area contributed by atoms with E-state index >= 15 is 0 Å². The summed E-state index contributed by atoms with van der Waals surface area (Å²) in [4.78, 5) is 24.1. The molecule has 0 saturated carbocycles. The van der Waals surface area contributed by atoms with Crippen LogP contribution in [0.15, 0.2) is 30.3 Å². The first-order chi connectivity index (χ1) is 10.8. The average molecular weight is 330 g/mol. The van der Waals surface area contributed by atoms with Gasteiger partial charge in [-0.3, -0.25) is 9.59 Å². The van der Waals surface area contributed by atoms with E-state index in [-0.39, 0.29) is 26.1 Å². The molecule has 0 aliphatic carbocycles. The van der Waals surface area contributed by atoms with Crippen LogP contribution in [-0.2, 0) is 9.59 Å². The van der Waals surface area contributed by atoms with Gasteiger partial charge in [-0.25, -0.2) is 0 Å². The molecular formula is C15H17F3N2O3. The van der Waals surface area contributed by atoms with Gasteiger partial charge in [0, 0.05) is 13.0 Å². The number of ether oxygens (including phenoxy) is 1. The van der Waals surface area contributed by atoms with Gasteiger partial charge in [0.25, 0.3) is 0 Å². The average Bonchev–Trinajstić information content (AvgIpc) is 2.84. The normalized spacial score (nSPS) is 18.1. The van der Waals surface area contributed by atoms with Gasteiger partial charge in [0.1, 0.15) is 18.9 Å². The second-order valence-corrected chi connectivity index (χ2v) is 5.24. The number of nitrogens with one attached hydrogen (secondary N) is 1. The first kappa shape index (κ1) is 17.1. The molecule has 2 rings (SSSR count). The number of amides is 2. The molecule has 8 heteroatoms. The molecule has 1 aliphatic heterocycles. The fourth-order valence-electron chi connectivity index (χ4n) is 2.32. The van der Waals surface area contributed by atoms with Crippen LogP contribution in [0.4, 0.5) is 13.2 Å². The maximum absolute atomic E-state index is 12.3. The van der Waals surface area contributed by atoms with Crippen molar-refractivity contribution < 1.29 is 27.5 Å². The van der Waals surface area contributed by atoms with E-state index in [1.165, 1.54) is 0 Å². The second-order valence-electron chi connectivity index (χ2n) is 5.24. The Labute approximate surface area is 131 Å². The van der Waals surface area contributed by atoms with Gasteiger partial charge in [-0.1, -0.05) is 18.2 Å². The fourth-order valence-corrected chi connectivity index (χ4v) is 2.32. The van der Waals surface area contributed by atoms with E-state index in [9.17, 15) is 22.8 Å². The van der Waals surface area contributed by atoms with Crippen LogP contribution in [0.3, 0.4) is 0 Å². The summed E-state index contributed by atoms with van der Waals surface area (Å²) in [5.41, 5.74) is 0. The molecule has 0 aromatic heterocycles. The molecule has 126 valence electrons. The minimum atomic E-state index is -4.45. The lowest BCUT2D eigenvalue weighted by atomic mass is 10.1. The van der Waals surface area contributed by atoms with Gasteiger partial charge < -0.3 is 15.0 Å². The van der Waals surface area contributed by atoms with Gasteiger partial charge in [-0.05, 0) is 12.1 Å². The van der Waals surface area contributed by atoms with Crippen molar-refractivity contribution >= 4 is 11.8 Å². The Balaban J connectivity index is 1.71. The Morgan fingerprint density at radius 1 is 1.30 bits per heavy atom. The number of alkyl halides is 3. The Hall–Kier alpha value is -2.25. The van der Waals surface area contributed by atoms with Crippen LogP contribution < -0.4 is 10.1 Å². The zero-order chi connectivity index (χ0) is 16.9. The summed E-state index contributed by atoms with van der Waals surface area (Å²) in [6, 6.07) is 9.01. The van der Waals surface area contributed by atoms with Crippen LogP contribution in [0.5, 0.6) is 5.75 Å². The minimum absolute atomic E-state index is 0.193. The smallest absolute Gasteiger partial charge is 0.406 e. The monoisotopic (exact) mass is 330 g/mol. The number of rotatable bonds is 6. The maximum atomic E-state index is 12.3. The summed E-state index contributed by atoms with van der Waals surface area (Å²) in [6.07, 6.45) is -4.65. The third-order valence-electron chi connectivity index (χ3n) is 3.37. The summed E-state index contributed by atoms with van der Waals surface area (Å²) >= 11 is 0. The SMILES string of the molecule is O=C(NCCOc1ccccc1)[C@H]1CC(=O)N(CC(F)(F)F)C1. The molecular weight excluding hydrogens is 313 g/mol. The lowest BCUT2D eigenvalue weighted by molar-refractivity contribution is -0.157. The van der Waals surface area contributed by atoms with Crippen LogP contribution in [0.25, 0.3) is 0 Å². The number of hydrogen-bond acceptors (Lipinski definition) is 3. The standard InChI is InChI=1S/C15H17F3N2O3/c16-15(17,18)10-20-9-11(8-13(20)21)14(22)19-6-7-23-12-4-2-1-3-5-12/h1-5,11H,6-10H2,(H,19,22)/t11-/m0/s1. The van der Waals surface area contributed by atoms with Crippen molar-refractivity contribution in [3.63, 3.8) is 0 Å². The fraction of sp³-hybridized carbons (Fsp3) is 0.467. The van der Waals surface area contributed by atoms with Crippen LogP contribution in [-0.4, -0.2) is 49.1 Å². The van der Waals surface area contributed by atoms with E-state index < -0.39 is 30.5 Å². The van der Waals surface area contributed by atoms with Crippen molar-refractivity contribution in [2.24, 2.45) is 5.92 Å². The van der Waals surface area contributed by atoms with Crippen molar-refractivity contribution in [3.05, 3.63) is 30.3 Å². The third-order valence-corrected chi connectivity index (χ3v) is 3.37. The lowest BCUT2D eigenvalue weighted by Crippen LogP contribution is -2.38. The van der Waals surface area contributed by atoms with Crippen LogP contribution in [0.1, 0.15) is 6.42 Å².